The third-order valence-electron chi connectivity index (χ3n) is 3.20. The predicted molar refractivity (Wildman–Crippen MR) is 82.0 cm³/mol. The van der Waals surface area contributed by atoms with Gasteiger partial charge in [0, 0.05) is 11.1 Å². The fourth-order valence-corrected chi connectivity index (χ4v) is 2.19. The zero-order chi connectivity index (χ0) is 14.8. The van der Waals surface area contributed by atoms with Gasteiger partial charge in [-0.25, -0.2) is 14.4 Å². The molecule has 2 aromatic carbocycles. The number of aromatic nitrogens is 2. The van der Waals surface area contributed by atoms with Gasteiger partial charge in [0.25, 0.3) is 0 Å². The first-order chi connectivity index (χ1) is 10.1. The Balaban J connectivity index is 2.10. The molecule has 0 saturated heterocycles. The molecule has 0 spiro atoms. The molecule has 104 valence electrons. The topological polar surface area (TPSA) is 51.8 Å². The summed E-state index contributed by atoms with van der Waals surface area (Å²) in [7, 11) is 0. The van der Waals surface area contributed by atoms with E-state index in [4.69, 9.17) is 5.73 Å². The number of nitrogen functional groups attached to an aromatic ring is 1. The van der Waals surface area contributed by atoms with E-state index < -0.39 is 0 Å². The second kappa shape index (κ2) is 5.32. The van der Waals surface area contributed by atoms with E-state index in [0.717, 1.165) is 22.4 Å². The number of benzene rings is 2. The maximum atomic E-state index is 13.0. The van der Waals surface area contributed by atoms with Crippen LogP contribution in [0.5, 0.6) is 0 Å². The van der Waals surface area contributed by atoms with E-state index in [2.05, 4.69) is 9.97 Å². The molecule has 3 aromatic rings. The lowest BCUT2D eigenvalue weighted by Crippen LogP contribution is -1.98. The van der Waals surface area contributed by atoms with Crippen LogP contribution >= 0.6 is 0 Å². The molecular weight excluding hydrogens is 265 g/mol. The molecule has 3 nitrogen and oxygen atoms in total. The zero-order valence-electron chi connectivity index (χ0n) is 11.5. The van der Waals surface area contributed by atoms with Gasteiger partial charge in [0.05, 0.1) is 11.4 Å². The van der Waals surface area contributed by atoms with Gasteiger partial charge in [0.15, 0.2) is 0 Å². The molecule has 4 heteroatoms. The highest BCUT2D eigenvalue weighted by Gasteiger charge is 2.07. The molecule has 2 N–H and O–H groups in total. The number of nitrogens with zero attached hydrogens (tertiary/aromatic N) is 2. The number of aryl methyl sites for hydroxylation is 1. The van der Waals surface area contributed by atoms with Gasteiger partial charge in [0.1, 0.15) is 5.82 Å². The molecule has 1 heterocycles. The summed E-state index contributed by atoms with van der Waals surface area (Å²) in [6.07, 6.45) is 0. The van der Waals surface area contributed by atoms with Crippen LogP contribution in [-0.2, 0) is 0 Å². The Morgan fingerprint density at radius 3 is 2.19 bits per heavy atom. The molecule has 0 aliphatic carbocycles. The summed E-state index contributed by atoms with van der Waals surface area (Å²) in [4.78, 5) is 8.51. The molecule has 0 amide bonds. The summed E-state index contributed by atoms with van der Waals surface area (Å²) in [6, 6.07) is 16.0. The number of anilines is 1. The van der Waals surface area contributed by atoms with Crippen molar-refractivity contribution < 1.29 is 4.39 Å². The van der Waals surface area contributed by atoms with Crippen LogP contribution in [0, 0.1) is 12.7 Å². The fraction of sp³-hybridized carbons (Fsp3) is 0.0588. The number of rotatable bonds is 2. The van der Waals surface area contributed by atoms with Gasteiger partial charge in [0.2, 0.25) is 5.95 Å². The number of nitrogens with two attached hydrogens (primary N) is 1. The van der Waals surface area contributed by atoms with Crippen LogP contribution in [0.3, 0.4) is 0 Å². The summed E-state index contributed by atoms with van der Waals surface area (Å²) in [5.41, 5.74) is 10.2. The molecule has 1 aromatic heterocycles. The SMILES string of the molecule is Cc1cccc(-c2cc(-c3ccc(F)cc3)nc(N)n2)c1. The Morgan fingerprint density at radius 1 is 0.857 bits per heavy atom. The molecule has 21 heavy (non-hydrogen) atoms. The van der Waals surface area contributed by atoms with Crippen LogP contribution in [0.2, 0.25) is 0 Å². The minimum Gasteiger partial charge on any atom is -0.368 e. The van der Waals surface area contributed by atoms with E-state index in [9.17, 15) is 4.39 Å². The molecule has 0 bridgehead atoms. The standard InChI is InChI=1S/C17H14FN3/c1-11-3-2-4-13(9-11)16-10-15(20-17(19)21-16)12-5-7-14(18)8-6-12/h2-10H,1H3,(H2,19,20,21). The number of halogens is 1. The lowest BCUT2D eigenvalue weighted by atomic mass is 10.1. The van der Waals surface area contributed by atoms with Crippen molar-refractivity contribution in [2.24, 2.45) is 0 Å². The van der Waals surface area contributed by atoms with Crippen molar-refractivity contribution in [2.75, 3.05) is 5.73 Å². The van der Waals surface area contributed by atoms with Gasteiger partial charge in [-0.1, -0.05) is 23.8 Å². The highest BCUT2D eigenvalue weighted by atomic mass is 19.1. The van der Waals surface area contributed by atoms with Crippen molar-refractivity contribution in [1.82, 2.24) is 9.97 Å². The largest absolute Gasteiger partial charge is 0.368 e. The minimum absolute atomic E-state index is 0.202. The number of hydrogen-bond acceptors (Lipinski definition) is 3. The Bertz CT molecular complexity index is 782. The van der Waals surface area contributed by atoms with E-state index >= 15 is 0 Å². The van der Waals surface area contributed by atoms with E-state index in [-0.39, 0.29) is 11.8 Å². The molecule has 3 rings (SSSR count). The Hall–Kier alpha value is -2.75. The van der Waals surface area contributed by atoms with Crippen LogP contribution in [0.4, 0.5) is 10.3 Å². The van der Waals surface area contributed by atoms with Crippen LogP contribution in [0.1, 0.15) is 5.56 Å². The van der Waals surface area contributed by atoms with Crippen molar-refractivity contribution >= 4 is 5.95 Å². The van der Waals surface area contributed by atoms with Crippen LogP contribution < -0.4 is 5.73 Å². The summed E-state index contributed by atoms with van der Waals surface area (Å²) >= 11 is 0. The van der Waals surface area contributed by atoms with Crippen molar-refractivity contribution in [3.63, 3.8) is 0 Å². The molecule has 0 unspecified atom stereocenters. The minimum atomic E-state index is -0.278. The van der Waals surface area contributed by atoms with Crippen molar-refractivity contribution in [1.29, 1.82) is 0 Å². The number of hydrogen-bond donors (Lipinski definition) is 1. The molecule has 0 saturated carbocycles. The Labute approximate surface area is 122 Å². The van der Waals surface area contributed by atoms with Crippen molar-refractivity contribution in [2.45, 2.75) is 6.92 Å². The maximum absolute atomic E-state index is 13.0. The second-order valence-electron chi connectivity index (χ2n) is 4.87. The van der Waals surface area contributed by atoms with Gasteiger partial charge in [-0.15, -0.1) is 0 Å². The maximum Gasteiger partial charge on any atom is 0.221 e. The molecule has 0 fully saturated rings. The van der Waals surface area contributed by atoms with E-state index in [0.29, 0.717) is 5.69 Å². The quantitative estimate of drug-likeness (QED) is 0.775. The summed E-state index contributed by atoms with van der Waals surface area (Å²) in [5.74, 6) is -0.0759. The average molecular weight is 279 g/mol. The molecular formula is C17H14FN3. The first-order valence-corrected chi connectivity index (χ1v) is 6.59. The van der Waals surface area contributed by atoms with Gasteiger partial charge >= 0.3 is 0 Å². The van der Waals surface area contributed by atoms with Gasteiger partial charge < -0.3 is 5.73 Å². The zero-order valence-corrected chi connectivity index (χ0v) is 11.5. The molecule has 0 atom stereocenters. The third kappa shape index (κ3) is 2.89. The first kappa shape index (κ1) is 13.2. The van der Waals surface area contributed by atoms with Crippen LogP contribution in [0.15, 0.2) is 54.6 Å². The highest BCUT2D eigenvalue weighted by molar-refractivity contribution is 5.69. The second-order valence-corrected chi connectivity index (χ2v) is 4.87. The van der Waals surface area contributed by atoms with Crippen LogP contribution in [0.25, 0.3) is 22.5 Å². The molecule has 0 aliphatic heterocycles. The lowest BCUT2D eigenvalue weighted by molar-refractivity contribution is 0.628. The Kier molecular flexibility index (Phi) is 3.36. The third-order valence-corrected chi connectivity index (χ3v) is 3.20. The molecule has 0 radical (unpaired) electrons. The van der Waals surface area contributed by atoms with Crippen molar-refractivity contribution in [3.8, 4) is 22.5 Å². The first-order valence-electron chi connectivity index (χ1n) is 6.59. The Morgan fingerprint density at radius 2 is 1.52 bits per heavy atom. The highest BCUT2D eigenvalue weighted by Crippen LogP contribution is 2.25. The molecule has 0 aliphatic rings. The normalized spacial score (nSPS) is 10.6. The van der Waals surface area contributed by atoms with Crippen molar-refractivity contribution in [3.05, 3.63) is 66.0 Å². The van der Waals surface area contributed by atoms with E-state index in [1.807, 2.05) is 37.3 Å². The summed E-state index contributed by atoms with van der Waals surface area (Å²) in [6.45, 7) is 2.02. The monoisotopic (exact) mass is 279 g/mol. The average Bonchev–Trinajstić information content (AvgIpc) is 2.47. The summed E-state index contributed by atoms with van der Waals surface area (Å²) < 4.78 is 13.0. The van der Waals surface area contributed by atoms with E-state index in [1.165, 1.54) is 12.1 Å². The van der Waals surface area contributed by atoms with Gasteiger partial charge in [-0.3, -0.25) is 0 Å². The van der Waals surface area contributed by atoms with E-state index in [1.54, 1.807) is 12.1 Å². The predicted octanol–water partition coefficient (Wildman–Crippen LogP) is 3.84. The fourth-order valence-electron chi connectivity index (χ4n) is 2.19. The smallest absolute Gasteiger partial charge is 0.221 e. The lowest BCUT2D eigenvalue weighted by Gasteiger charge is -2.07. The van der Waals surface area contributed by atoms with Crippen LogP contribution in [-0.4, -0.2) is 9.97 Å². The van der Waals surface area contributed by atoms with Gasteiger partial charge in [-0.2, -0.15) is 0 Å². The van der Waals surface area contributed by atoms with Gasteiger partial charge in [-0.05, 0) is 43.3 Å². The summed E-state index contributed by atoms with van der Waals surface area (Å²) in [5, 5.41) is 0.